The lowest BCUT2D eigenvalue weighted by molar-refractivity contribution is -0.143. The summed E-state index contributed by atoms with van der Waals surface area (Å²) in [7, 11) is 1.39. The summed E-state index contributed by atoms with van der Waals surface area (Å²) in [6, 6.07) is 6.66. The van der Waals surface area contributed by atoms with E-state index >= 15 is 0 Å². The number of thioether (sulfide) groups is 1. The van der Waals surface area contributed by atoms with Gasteiger partial charge in [0.1, 0.15) is 5.82 Å². The van der Waals surface area contributed by atoms with Crippen molar-refractivity contribution in [1.29, 1.82) is 0 Å². The maximum atomic E-state index is 13.7. The molecule has 0 aliphatic heterocycles. The van der Waals surface area contributed by atoms with Gasteiger partial charge in [-0.15, -0.1) is 0 Å². The summed E-state index contributed by atoms with van der Waals surface area (Å²) in [6.07, 6.45) is 1.66. The van der Waals surface area contributed by atoms with Gasteiger partial charge in [-0.1, -0.05) is 13.0 Å². The van der Waals surface area contributed by atoms with E-state index in [0.29, 0.717) is 22.4 Å². The number of rotatable bonds is 5. The molecule has 0 spiro atoms. The van der Waals surface area contributed by atoms with Gasteiger partial charge in [0, 0.05) is 23.1 Å². The Hall–Kier alpha value is -1.62. The van der Waals surface area contributed by atoms with Crippen LogP contribution in [0.1, 0.15) is 12.5 Å². The van der Waals surface area contributed by atoms with E-state index in [0.717, 1.165) is 5.56 Å². The van der Waals surface area contributed by atoms with Crippen molar-refractivity contribution >= 4 is 28.6 Å². The molecule has 5 heteroatoms. The molecular formula is C15H16FNO2S. The highest BCUT2D eigenvalue weighted by Crippen LogP contribution is 2.24. The van der Waals surface area contributed by atoms with Crippen molar-refractivity contribution < 1.29 is 13.9 Å². The molecule has 106 valence electrons. The fourth-order valence-electron chi connectivity index (χ4n) is 1.93. The van der Waals surface area contributed by atoms with Crippen LogP contribution in [0.5, 0.6) is 0 Å². The molecule has 1 aromatic heterocycles. The van der Waals surface area contributed by atoms with E-state index in [2.05, 4.69) is 9.72 Å². The minimum atomic E-state index is -0.259. The van der Waals surface area contributed by atoms with Crippen molar-refractivity contribution in [3.8, 4) is 0 Å². The van der Waals surface area contributed by atoms with Crippen molar-refractivity contribution in [3.63, 3.8) is 0 Å². The second kappa shape index (κ2) is 6.70. The molecule has 0 amide bonds. The Morgan fingerprint density at radius 2 is 2.25 bits per heavy atom. The highest BCUT2D eigenvalue weighted by atomic mass is 32.2. The smallest absolute Gasteiger partial charge is 0.309 e. The van der Waals surface area contributed by atoms with E-state index in [4.69, 9.17) is 0 Å². The van der Waals surface area contributed by atoms with Crippen molar-refractivity contribution in [2.24, 2.45) is 5.92 Å². The number of hydrogen-bond donors (Lipinski definition) is 0. The van der Waals surface area contributed by atoms with Gasteiger partial charge in [-0.3, -0.25) is 9.78 Å². The lowest BCUT2D eigenvalue weighted by Crippen LogP contribution is -2.14. The molecule has 0 fully saturated rings. The first-order chi connectivity index (χ1) is 9.63. The first-order valence-electron chi connectivity index (χ1n) is 6.31. The third-order valence-electron chi connectivity index (χ3n) is 3.03. The average molecular weight is 293 g/mol. The minimum absolute atomic E-state index is 0.148. The van der Waals surface area contributed by atoms with Crippen LogP contribution in [0.15, 0.2) is 30.5 Å². The maximum absolute atomic E-state index is 13.7. The van der Waals surface area contributed by atoms with Gasteiger partial charge in [0.15, 0.2) is 0 Å². The van der Waals surface area contributed by atoms with Crippen LogP contribution in [0.2, 0.25) is 0 Å². The Balaban J connectivity index is 2.07. The van der Waals surface area contributed by atoms with E-state index in [9.17, 15) is 9.18 Å². The standard InChI is InChI=1S/C15H16FNO2S/c1-10(15(18)19-2)8-20-9-11-5-6-13(16)12-4-3-7-17-14(11)12/h3-7,10H,8-9H2,1-2H3. The molecule has 0 saturated carbocycles. The van der Waals surface area contributed by atoms with Crippen LogP contribution in [0.25, 0.3) is 10.9 Å². The number of carbonyl (C=O) groups is 1. The lowest BCUT2D eigenvalue weighted by atomic mass is 10.1. The molecule has 0 N–H and O–H groups in total. The normalized spacial score (nSPS) is 12.3. The summed E-state index contributed by atoms with van der Waals surface area (Å²) < 4.78 is 18.3. The molecule has 0 saturated heterocycles. The highest BCUT2D eigenvalue weighted by molar-refractivity contribution is 7.98. The van der Waals surface area contributed by atoms with Crippen LogP contribution >= 0.6 is 11.8 Å². The third kappa shape index (κ3) is 3.28. The Kier molecular flexibility index (Phi) is 4.95. The van der Waals surface area contributed by atoms with Crippen molar-refractivity contribution in [2.45, 2.75) is 12.7 Å². The molecule has 1 atom stereocenters. The second-order valence-corrected chi connectivity index (χ2v) is 5.58. The van der Waals surface area contributed by atoms with E-state index < -0.39 is 0 Å². The Labute approximate surface area is 121 Å². The highest BCUT2D eigenvalue weighted by Gasteiger charge is 2.13. The average Bonchev–Trinajstić information content (AvgIpc) is 2.49. The molecule has 1 aromatic carbocycles. The molecule has 0 bridgehead atoms. The van der Waals surface area contributed by atoms with Gasteiger partial charge in [0.2, 0.25) is 0 Å². The number of methoxy groups -OCH3 is 1. The number of aromatic nitrogens is 1. The van der Waals surface area contributed by atoms with Crippen LogP contribution in [0.4, 0.5) is 4.39 Å². The number of carbonyl (C=O) groups excluding carboxylic acids is 1. The topological polar surface area (TPSA) is 39.2 Å². The van der Waals surface area contributed by atoms with E-state index in [1.54, 1.807) is 36.2 Å². The molecule has 20 heavy (non-hydrogen) atoms. The molecule has 0 aliphatic carbocycles. The first-order valence-corrected chi connectivity index (χ1v) is 7.46. The number of halogens is 1. The number of esters is 1. The van der Waals surface area contributed by atoms with Gasteiger partial charge >= 0.3 is 5.97 Å². The predicted molar refractivity (Wildman–Crippen MR) is 79.0 cm³/mol. The summed E-state index contributed by atoms with van der Waals surface area (Å²) >= 11 is 1.62. The van der Waals surface area contributed by atoms with Crippen molar-refractivity contribution in [2.75, 3.05) is 12.9 Å². The van der Waals surface area contributed by atoms with Gasteiger partial charge in [0.05, 0.1) is 18.5 Å². The number of hydrogen-bond acceptors (Lipinski definition) is 4. The molecule has 0 radical (unpaired) electrons. The molecule has 3 nitrogen and oxygen atoms in total. The Morgan fingerprint density at radius 3 is 3.00 bits per heavy atom. The maximum Gasteiger partial charge on any atom is 0.309 e. The number of nitrogens with zero attached hydrogens (tertiary/aromatic N) is 1. The summed E-state index contributed by atoms with van der Waals surface area (Å²) in [6.45, 7) is 1.83. The van der Waals surface area contributed by atoms with Crippen LogP contribution < -0.4 is 0 Å². The monoisotopic (exact) mass is 293 g/mol. The quantitative estimate of drug-likeness (QED) is 0.792. The number of fused-ring (bicyclic) bond motifs is 1. The predicted octanol–water partition coefficient (Wildman–Crippen LogP) is 3.42. The second-order valence-electron chi connectivity index (χ2n) is 4.55. The van der Waals surface area contributed by atoms with E-state index in [-0.39, 0.29) is 17.7 Å². The van der Waals surface area contributed by atoms with Gasteiger partial charge in [-0.2, -0.15) is 11.8 Å². The third-order valence-corrected chi connectivity index (χ3v) is 4.28. The summed E-state index contributed by atoms with van der Waals surface area (Å²) in [4.78, 5) is 15.6. The van der Waals surface area contributed by atoms with Crippen LogP contribution in [-0.4, -0.2) is 23.8 Å². The lowest BCUT2D eigenvalue weighted by Gasteiger charge is -2.10. The molecule has 2 aromatic rings. The Bertz CT molecular complexity index is 618. The molecule has 2 rings (SSSR count). The zero-order chi connectivity index (χ0) is 14.5. The minimum Gasteiger partial charge on any atom is -0.469 e. The summed E-state index contributed by atoms with van der Waals surface area (Å²) in [5.41, 5.74) is 1.66. The van der Waals surface area contributed by atoms with Crippen LogP contribution in [0, 0.1) is 11.7 Å². The van der Waals surface area contributed by atoms with Gasteiger partial charge in [-0.25, -0.2) is 4.39 Å². The zero-order valence-electron chi connectivity index (χ0n) is 11.4. The summed E-state index contributed by atoms with van der Waals surface area (Å²) in [5, 5.41) is 0.534. The van der Waals surface area contributed by atoms with Crippen LogP contribution in [0.3, 0.4) is 0 Å². The molecule has 1 unspecified atom stereocenters. The molecule has 1 heterocycles. The molecule has 0 aliphatic rings. The van der Waals surface area contributed by atoms with Gasteiger partial charge < -0.3 is 4.74 Å². The van der Waals surface area contributed by atoms with Crippen LogP contribution in [-0.2, 0) is 15.3 Å². The fourth-order valence-corrected chi connectivity index (χ4v) is 2.99. The van der Waals surface area contributed by atoms with E-state index in [1.807, 2.05) is 6.92 Å². The fraction of sp³-hybridized carbons (Fsp3) is 0.333. The molecular weight excluding hydrogens is 277 g/mol. The number of pyridine rings is 1. The van der Waals surface area contributed by atoms with Crippen molar-refractivity contribution in [3.05, 3.63) is 41.8 Å². The first kappa shape index (κ1) is 14.8. The zero-order valence-corrected chi connectivity index (χ0v) is 12.2. The Morgan fingerprint density at radius 1 is 1.45 bits per heavy atom. The summed E-state index contributed by atoms with van der Waals surface area (Å²) in [5.74, 6) is 0.738. The van der Waals surface area contributed by atoms with E-state index in [1.165, 1.54) is 13.2 Å². The van der Waals surface area contributed by atoms with Gasteiger partial charge in [0.25, 0.3) is 0 Å². The number of benzene rings is 1. The van der Waals surface area contributed by atoms with Gasteiger partial charge in [-0.05, 0) is 23.8 Å². The largest absolute Gasteiger partial charge is 0.469 e. The number of ether oxygens (including phenoxy) is 1. The SMILES string of the molecule is COC(=O)C(C)CSCc1ccc(F)c2cccnc12. The van der Waals surface area contributed by atoms with Crippen molar-refractivity contribution in [1.82, 2.24) is 4.98 Å².